The van der Waals surface area contributed by atoms with Gasteiger partial charge in [-0.3, -0.25) is 10.1 Å². The average Bonchev–Trinajstić information content (AvgIpc) is 2.28. The highest BCUT2D eigenvalue weighted by Crippen LogP contribution is 2.24. The number of nitro groups is 1. The molecule has 0 heterocycles. The quantitative estimate of drug-likeness (QED) is 0.592. The zero-order chi connectivity index (χ0) is 13.8. The first-order valence-corrected chi connectivity index (χ1v) is 5.65. The third kappa shape index (κ3) is 3.74. The Morgan fingerprint density at radius 2 is 2.17 bits per heavy atom. The minimum atomic E-state index is -0.421. The van der Waals surface area contributed by atoms with Crippen molar-refractivity contribution in [2.24, 2.45) is 5.41 Å². The Kier molecular flexibility index (Phi) is 4.27. The van der Waals surface area contributed by atoms with Gasteiger partial charge in [0.2, 0.25) is 0 Å². The fourth-order valence-corrected chi connectivity index (χ4v) is 1.40. The van der Waals surface area contributed by atoms with E-state index in [0.717, 1.165) is 0 Å². The number of ether oxygens (including phenoxy) is 1. The average molecular weight is 248 g/mol. The highest BCUT2D eigenvalue weighted by molar-refractivity contribution is 5.44. The number of hydrogen-bond donors (Lipinski definition) is 0. The van der Waals surface area contributed by atoms with Crippen LogP contribution in [-0.4, -0.2) is 11.5 Å². The molecule has 0 radical (unpaired) electrons. The number of rotatable bonds is 5. The summed E-state index contributed by atoms with van der Waals surface area (Å²) in [5.74, 6) is 0.590. The van der Waals surface area contributed by atoms with Crippen LogP contribution in [0.5, 0.6) is 5.75 Å². The van der Waals surface area contributed by atoms with Crippen LogP contribution in [0.1, 0.15) is 25.8 Å². The third-order valence-electron chi connectivity index (χ3n) is 2.66. The van der Waals surface area contributed by atoms with E-state index in [2.05, 4.69) is 6.07 Å². The van der Waals surface area contributed by atoms with E-state index in [0.29, 0.717) is 24.3 Å². The van der Waals surface area contributed by atoms with E-state index in [9.17, 15) is 10.1 Å². The van der Waals surface area contributed by atoms with Gasteiger partial charge in [0.15, 0.2) is 0 Å². The minimum absolute atomic E-state index is 0.0831. The van der Waals surface area contributed by atoms with Gasteiger partial charge in [-0.25, -0.2) is 0 Å². The molecule has 1 rings (SSSR count). The topological polar surface area (TPSA) is 76.2 Å². The number of nitro benzene ring substituents is 1. The normalized spacial score (nSPS) is 10.8. The van der Waals surface area contributed by atoms with Crippen LogP contribution in [0.25, 0.3) is 0 Å². The van der Waals surface area contributed by atoms with E-state index < -0.39 is 10.3 Å². The molecular formula is C13H16N2O3. The summed E-state index contributed by atoms with van der Waals surface area (Å²) in [7, 11) is 0. The highest BCUT2D eigenvalue weighted by atomic mass is 16.6. The maximum Gasteiger partial charge on any atom is 0.272 e. The first-order chi connectivity index (χ1) is 8.35. The number of aryl methyl sites for hydroxylation is 1. The highest BCUT2D eigenvalue weighted by Gasteiger charge is 2.16. The van der Waals surface area contributed by atoms with Gasteiger partial charge < -0.3 is 4.74 Å². The molecule has 1 aromatic carbocycles. The molecule has 0 spiro atoms. The number of hydrogen-bond acceptors (Lipinski definition) is 4. The lowest BCUT2D eigenvalue weighted by molar-refractivity contribution is -0.385. The van der Waals surface area contributed by atoms with Crippen molar-refractivity contribution in [1.82, 2.24) is 0 Å². The smallest absolute Gasteiger partial charge is 0.272 e. The van der Waals surface area contributed by atoms with Crippen molar-refractivity contribution in [3.05, 3.63) is 33.9 Å². The summed E-state index contributed by atoms with van der Waals surface area (Å²) in [4.78, 5) is 10.2. The van der Waals surface area contributed by atoms with Crippen LogP contribution in [0, 0.1) is 33.8 Å². The molecule has 0 atom stereocenters. The van der Waals surface area contributed by atoms with Gasteiger partial charge in [0.25, 0.3) is 5.69 Å². The van der Waals surface area contributed by atoms with Gasteiger partial charge in [0, 0.05) is 11.6 Å². The SMILES string of the molecule is Cc1cc(OCCC(C)(C)C#N)ccc1[N+](=O)[O-]. The van der Waals surface area contributed by atoms with Crippen LogP contribution in [0.2, 0.25) is 0 Å². The van der Waals surface area contributed by atoms with Crippen LogP contribution in [0.3, 0.4) is 0 Å². The second-order valence-electron chi connectivity index (χ2n) is 4.80. The van der Waals surface area contributed by atoms with Crippen LogP contribution < -0.4 is 4.74 Å². The van der Waals surface area contributed by atoms with Gasteiger partial charge >= 0.3 is 0 Å². The largest absolute Gasteiger partial charge is 0.494 e. The Labute approximate surface area is 106 Å². The van der Waals surface area contributed by atoms with Crippen molar-refractivity contribution in [2.75, 3.05) is 6.61 Å². The van der Waals surface area contributed by atoms with Crippen LogP contribution in [0.15, 0.2) is 18.2 Å². The molecule has 0 saturated carbocycles. The molecule has 0 aliphatic rings. The summed E-state index contributed by atoms with van der Waals surface area (Å²) in [5, 5.41) is 19.5. The predicted molar refractivity (Wildman–Crippen MR) is 67.3 cm³/mol. The van der Waals surface area contributed by atoms with Crippen molar-refractivity contribution in [2.45, 2.75) is 27.2 Å². The molecule has 5 heteroatoms. The number of benzene rings is 1. The van der Waals surface area contributed by atoms with E-state index in [-0.39, 0.29) is 5.69 Å². The van der Waals surface area contributed by atoms with Crippen LogP contribution in [-0.2, 0) is 0 Å². The molecule has 0 amide bonds. The molecule has 0 saturated heterocycles. The summed E-state index contributed by atoms with van der Waals surface area (Å²) in [6.07, 6.45) is 0.611. The summed E-state index contributed by atoms with van der Waals surface area (Å²) in [5.41, 5.74) is 0.229. The Hall–Kier alpha value is -2.09. The molecule has 1 aromatic rings. The summed E-state index contributed by atoms with van der Waals surface area (Å²) in [6.45, 7) is 5.77. The monoisotopic (exact) mass is 248 g/mol. The minimum Gasteiger partial charge on any atom is -0.494 e. The predicted octanol–water partition coefficient (Wildman–Crippen LogP) is 3.22. The maximum absolute atomic E-state index is 10.6. The van der Waals surface area contributed by atoms with E-state index in [1.807, 2.05) is 13.8 Å². The summed E-state index contributed by atoms with van der Waals surface area (Å²) < 4.78 is 5.49. The van der Waals surface area contributed by atoms with E-state index in [1.165, 1.54) is 6.07 Å². The Morgan fingerprint density at radius 3 is 2.67 bits per heavy atom. The first kappa shape index (κ1) is 14.0. The molecule has 0 unspecified atom stereocenters. The lowest BCUT2D eigenvalue weighted by Gasteiger charge is -2.15. The van der Waals surface area contributed by atoms with Gasteiger partial charge in [-0.15, -0.1) is 0 Å². The van der Waals surface area contributed by atoms with E-state index >= 15 is 0 Å². The Balaban J connectivity index is 2.63. The molecule has 96 valence electrons. The molecule has 0 aromatic heterocycles. The van der Waals surface area contributed by atoms with Gasteiger partial charge in [-0.1, -0.05) is 0 Å². The lowest BCUT2D eigenvalue weighted by atomic mass is 9.92. The van der Waals surface area contributed by atoms with Crippen LogP contribution >= 0.6 is 0 Å². The second-order valence-corrected chi connectivity index (χ2v) is 4.80. The molecule has 18 heavy (non-hydrogen) atoms. The molecule has 5 nitrogen and oxygen atoms in total. The van der Waals surface area contributed by atoms with E-state index in [1.54, 1.807) is 19.1 Å². The standard InChI is InChI=1S/C13H16N2O3/c1-10-8-11(4-5-12(10)15(16)17)18-7-6-13(2,3)9-14/h4-5,8H,6-7H2,1-3H3. The van der Waals surface area contributed by atoms with E-state index in [4.69, 9.17) is 10.00 Å². The van der Waals surface area contributed by atoms with Crippen molar-refractivity contribution in [3.63, 3.8) is 0 Å². The fraction of sp³-hybridized carbons (Fsp3) is 0.462. The van der Waals surface area contributed by atoms with Gasteiger partial charge in [0.1, 0.15) is 5.75 Å². The summed E-state index contributed by atoms with van der Waals surface area (Å²) in [6, 6.07) is 6.83. The zero-order valence-electron chi connectivity index (χ0n) is 10.8. The third-order valence-corrected chi connectivity index (χ3v) is 2.66. The first-order valence-electron chi connectivity index (χ1n) is 5.65. The number of nitriles is 1. The van der Waals surface area contributed by atoms with Gasteiger partial charge in [-0.2, -0.15) is 5.26 Å². The van der Waals surface area contributed by atoms with Crippen molar-refractivity contribution in [3.8, 4) is 11.8 Å². The van der Waals surface area contributed by atoms with Crippen molar-refractivity contribution < 1.29 is 9.66 Å². The zero-order valence-corrected chi connectivity index (χ0v) is 10.8. The van der Waals surface area contributed by atoms with Gasteiger partial charge in [0.05, 0.1) is 23.0 Å². The summed E-state index contributed by atoms with van der Waals surface area (Å²) >= 11 is 0. The van der Waals surface area contributed by atoms with Crippen LogP contribution in [0.4, 0.5) is 5.69 Å². The van der Waals surface area contributed by atoms with Crippen molar-refractivity contribution in [1.29, 1.82) is 5.26 Å². The fourth-order valence-electron chi connectivity index (χ4n) is 1.40. The second kappa shape index (κ2) is 5.50. The molecule has 0 fully saturated rings. The molecular weight excluding hydrogens is 232 g/mol. The molecule has 0 N–H and O–H groups in total. The Bertz CT molecular complexity index is 489. The molecule has 0 aliphatic carbocycles. The lowest BCUT2D eigenvalue weighted by Crippen LogP contribution is -2.13. The Morgan fingerprint density at radius 1 is 1.50 bits per heavy atom. The van der Waals surface area contributed by atoms with Crippen molar-refractivity contribution >= 4 is 5.69 Å². The maximum atomic E-state index is 10.6. The molecule has 0 aliphatic heterocycles. The molecule has 0 bridgehead atoms. The van der Waals surface area contributed by atoms with Gasteiger partial charge in [-0.05, 0) is 39.3 Å². The number of nitrogens with zero attached hydrogens (tertiary/aromatic N) is 2.